The molecule has 1 aromatic carbocycles. The van der Waals surface area contributed by atoms with Gasteiger partial charge >= 0.3 is 0 Å². The molecular formula is C12H14O3. The molecule has 80 valence electrons. The van der Waals surface area contributed by atoms with Gasteiger partial charge in [-0.2, -0.15) is 0 Å². The average molecular weight is 206 g/mol. The van der Waals surface area contributed by atoms with Gasteiger partial charge in [-0.05, 0) is 18.9 Å². The molecule has 0 atom stereocenters. The monoisotopic (exact) mass is 206 g/mol. The molecule has 3 nitrogen and oxygen atoms in total. The second kappa shape index (κ2) is 3.57. The summed E-state index contributed by atoms with van der Waals surface area (Å²) in [6.07, 6.45) is 0.864. The van der Waals surface area contributed by atoms with Crippen LogP contribution in [0.5, 0.6) is 11.5 Å². The number of carbonyl (C=O) groups is 1. The van der Waals surface area contributed by atoms with E-state index in [2.05, 4.69) is 13.8 Å². The van der Waals surface area contributed by atoms with Gasteiger partial charge in [0.25, 0.3) is 0 Å². The Morgan fingerprint density at radius 2 is 2.00 bits per heavy atom. The lowest BCUT2D eigenvalue weighted by molar-refractivity contribution is 0.112. The van der Waals surface area contributed by atoms with E-state index >= 15 is 0 Å². The minimum absolute atomic E-state index is 0.248. The number of rotatable bonds is 2. The van der Waals surface area contributed by atoms with Crippen molar-refractivity contribution in [1.29, 1.82) is 0 Å². The molecule has 0 saturated carbocycles. The predicted molar refractivity (Wildman–Crippen MR) is 56.8 cm³/mol. The first-order valence-corrected chi connectivity index (χ1v) is 5.03. The van der Waals surface area contributed by atoms with E-state index in [4.69, 9.17) is 9.47 Å². The molecule has 0 radical (unpaired) electrons. The van der Waals surface area contributed by atoms with Crippen LogP contribution in [0.4, 0.5) is 0 Å². The maximum atomic E-state index is 10.9. The summed E-state index contributed by atoms with van der Waals surface area (Å²) in [7, 11) is 0. The zero-order valence-electron chi connectivity index (χ0n) is 9.16. The molecule has 2 rings (SSSR count). The molecule has 0 unspecified atom stereocenters. The predicted octanol–water partition coefficient (Wildman–Crippen LogP) is 2.66. The first-order valence-electron chi connectivity index (χ1n) is 5.03. The molecule has 0 bridgehead atoms. The van der Waals surface area contributed by atoms with Crippen LogP contribution in [0, 0.1) is 6.92 Å². The Bertz CT molecular complexity index is 408. The van der Waals surface area contributed by atoms with Gasteiger partial charge in [-0.1, -0.05) is 13.8 Å². The molecule has 15 heavy (non-hydrogen) atoms. The van der Waals surface area contributed by atoms with Gasteiger partial charge in [0, 0.05) is 16.7 Å². The molecule has 0 fully saturated rings. The molecule has 1 aliphatic rings. The van der Waals surface area contributed by atoms with Crippen LogP contribution in [-0.2, 0) is 0 Å². The maximum Gasteiger partial charge on any atom is 0.231 e. The largest absolute Gasteiger partial charge is 0.453 e. The van der Waals surface area contributed by atoms with Gasteiger partial charge in [0.15, 0.2) is 11.5 Å². The second-order valence-electron chi connectivity index (χ2n) is 4.02. The van der Waals surface area contributed by atoms with Gasteiger partial charge in [-0.3, -0.25) is 4.79 Å². The van der Waals surface area contributed by atoms with Gasteiger partial charge < -0.3 is 9.47 Å². The summed E-state index contributed by atoms with van der Waals surface area (Å²) < 4.78 is 10.8. The van der Waals surface area contributed by atoms with Gasteiger partial charge in [0.2, 0.25) is 6.79 Å². The van der Waals surface area contributed by atoms with E-state index in [1.165, 1.54) is 0 Å². The van der Waals surface area contributed by atoms with Crippen LogP contribution >= 0.6 is 0 Å². The standard InChI is InChI=1S/C12H14O3/c1-7(2)10-4-9(5-13)8(3)11-12(10)15-6-14-11/h4-5,7H,6H2,1-3H3. The van der Waals surface area contributed by atoms with Crippen molar-refractivity contribution in [3.8, 4) is 11.5 Å². The fourth-order valence-corrected chi connectivity index (χ4v) is 1.80. The third-order valence-corrected chi connectivity index (χ3v) is 2.71. The molecule has 0 aliphatic carbocycles. The number of aldehydes is 1. The molecule has 1 heterocycles. The average Bonchev–Trinajstić information content (AvgIpc) is 2.67. The van der Waals surface area contributed by atoms with Crippen LogP contribution in [0.3, 0.4) is 0 Å². The molecule has 1 aliphatic heterocycles. The topological polar surface area (TPSA) is 35.5 Å². The minimum atomic E-state index is 0.248. The van der Waals surface area contributed by atoms with Gasteiger partial charge in [0.05, 0.1) is 0 Å². The summed E-state index contributed by atoms with van der Waals surface area (Å²) in [6, 6.07) is 1.89. The van der Waals surface area contributed by atoms with E-state index in [0.29, 0.717) is 11.5 Å². The van der Waals surface area contributed by atoms with Crippen molar-refractivity contribution in [2.24, 2.45) is 0 Å². The van der Waals surface area contributed by atoms with Crippen molar-refractivity contribution in [3.05, 3.63) is 22.8 Å². The Hall–Kier alpha value is -1.51. The summed E-state index contributed by atoms with van der Waals surface area (Å²) in [4.78, 5) is 10.9. The molecule has 0 aromatic heterocycles. The number of benzene rings is 1. The Labute approximate surface area is 89.0 Å². The van der Waals surface area contributed by atoms with E-state index in [-0.39, 0.29) is 6.79 Å². The highest BCUT2D eigenvalue weighted by atomic mass is 16.7. The first-order chi connectivity index (χ1) is 7.15. The first kappa shape index (κ1) is 10.0. The zero-order chi connectivity index (χ0) is 11.0. The highest BCUT2D eigenvalue weighted by Gasteiger charge is 2.23. The minimum Gasteiger partial charge on any atom is -0.453 e. The summed E-state index contributed by atoms with van der Waals surface area (Å²) in [5, 5.41) is 0. The fourth-order valence-electron chi connectivity index (χ4n) is 1.80. The smallest absolute Gasteiger partial charge is 0.231 e. The third kappa shape index (κ3) is 1.48. The summed E-state index contributed by atoms with van der Waals surface area (Å²) >= 11 is 0. The van der Waals surface area contributed by atoms with Gasteiger partial charge in [0.1, 0.15) is 6.29 Å². The van der Waals surface area contributed by atoms with Crippen LogP contribution in [0.15, 0.2) is 6.07 Å². The van der Waals surface area contributed by atoms with Crippen LogP contribution in [0.1, 0.15) is 41.3 Å². The van der Waals surface area contributed by atoms with Crippen molar-refractivity contribution in [2.75, 3.05) is 6.79 Å². The maximum absolute atomic E-state index is 10.9. The number of fused-ring (bicyclic) bond motifs is 1. The van der Waals surface area contributed by atoms with Crippen molar-refractivity contribution in [1.82, 2.24) is 0 Å². The van der Waals surface area contributed by atoms with E-state index in [0.717, 1.165) is 28.9 Å². The Morgan fingerprint density at radius 3 is 2.60 bits per heavy atom. The van der Waals surface area contributed by atoms with E-state index < -0.39 is 0 Å². The number of hydrogen-bond acceptors (Lipinski definition) is 3. The van der Waals surface area contributed by atoms with E-state index in [9.17, 15) is 4.79 Å². The molecule has 0 saturated heterocycles. The van der Waals surface area contributed by atoms with E-state index in [1.54, 1.807) is 0 Å². The molecule has 0 amide bonds. The SMILES string of the molecule is Cc1c(C=O)cc(C(C)C)c2c1OCO2. The number of carbonyl (C=O) groups excluding carboxylic acids is 1. The number of ether oxygens (including phenoxy) is 2. The fraction of sp³-hybridized carbons (Fsp3) is 0.417. The van der Waals surface area contributed by atoms with Crippen LogP contribution < -0.4 is 9.47 Å². The molecule has 3 heteroatoms. The molecule has 0 spiro atoms. The highest BCUT2D eigenvalue weighted by molar-refractivity contribution is 5.81. The summed E-state index contributed by atoms with van der Waals surface area (Å²) in [6.45, 7) is 6.27. The van der Waals surface area contributed by atoms with Gasteiger partial charge in [-0.25, -0.2) is 0 Å². The van der Waals surface area contributed by atoms with E-state index in [1.807, 2.05) is 13.0 Å². The van der Waals surface area contributed by atoms with Crippen molar-refractivity contribution >= 4 is 6.29 Å². The quantitative estimate of drug-likeness (QED) is 0.698. The van der Waals surface area contributed by atoms with Crippen LogP contribution in [0.25, 0.3) is 0 Å². The van der Waals surface area contributed by atoms with Crippen LogP contribution in [0.2, 0.25) is 0 Å². The Morgan fingerprint density at radius 1 is 1.33 bits per heavy atom. The summed E-state index contributed by atoms with van der Waals surface area (Å²) in [5.74, 6) is 1.84. The third-order valence-electron chi connectivity index (χ3n) is 2.71. The van der Waals surface area contributed by atoms with Crippen molar-refractivity contribution in [2.45, 2.75) is 26.7 Å². The lowest BCUT2D eigenvalue weighted by Crippen LogP contribution is -1.96. The molecule has 0 N–H and O–H groups in total. The summed E-state index contributed by atoms with van der Waals surface area (Å²) in [5.41, 5.74) is 2.58. The Balaban J connectivity index is 2.67. The van der Waals surface area contributed by atoms with Crippen LogP contribution in [-0.4, -0.2) is 13.1 Å². The Kier molecular flexibility index (Phi) is 2.39. The highest BCUT2D eigenvalue weighted by Crippen LogP contribution is 2.42. The normalized spacial score (nSPS) is 13.3. The number of hydrogen-bond donors (Lipinski definition) is 0. The lowest BCUT2D eigenvalue weighted by atomic mass is 9.96. The second-order valence-corrected chi connectivity index (χ2v) is 4.02. The lowest BCUT2D eigenvalue weighted by Gasteiger charge is -2.12. The molecular weight excluding hydrogens is 192 g/mol. The molecule has 1 aromatic rings. The zero-order valence-corrected chi connectivity index (χ0v) is 9.16. The van der Waals surface area contributed by atoms with Gasteiger partial charge in [-0.15, -0.1) is 0 Å². The van der Waals surface area contributed by atoms with Crippen molar-refractivity contribution < 1.29 is 14.3 Å². The van der Waals surface area contributed by atoms with Crippen molar-refractivity contribution in [3.63, 3.8) is 0 Å².